The Morgan fingerprint density at radius 2 is 1.08 bits per heavy atom. The summed E-state index contributed by atoms with van der Waals surface area (Å²) in [5.41, 5.74) is 5.89. The zero-order valence-corrected chi connectivity index (χ0v) is 36.8. The van der Waals surface area contributed by atoms with Crippen molar-refractivity contribution in [3.8, 4) is 0 Å². The highest BCUT2D eigenvalue weighted by molar-refractivity contribution is 7.47. The summed E-state index contributed by atoms with van der Waals surface area (Å²) in [6.07, 6.45) is 1.38. The van der Waals surface area contributed by atoms with Crippen molar-refractivity contribution in [2.24, 2.45) is 5.73 Å². The largest absolute Gasteiger partial charge is 0.472 e. The first-order chi connectivity index (χ1) is 28.7. The number of carbonyl (C=O) groups is 2. The van der Waals surface area contributed by atoms with Gasteiger partial charge in [-0.3, -0.25) is 18.6 Å². The summed E-state index contributed by atoms with van der Waals surface area (Å²) in [6.45, 7) is 2.30. The predicted molar refractivity (Wildman–Crippen MR) is 219 cm³/mol. The molecule has 0 radical (unpaired) electrons. The Morgan fingerprint density at radius 3 is 1.58 bits per heavy atom. The van der Waals surface area contributed by atoms with Crippen molar-refractivity contribution in [3.63, 3.8) is 0 Å². The van der Waals surface area contributed by atoms with Crippen molar-refractivity contribution in [2.45, 2.75) is 228 Å². The first-order valence-corrected chi connectivity index (χ1v) is 23.9. The van der Waals surface area contributed by atoms with Gasteiger partial charge >= 0.3 is 19.8 Å². The van der Waals surface area contributed by atoms with Gasteiger partial charge in [-0.25, -0.2) is 4.57 Å². The number of phosphoric ester groups is 1. The van der Waals surface area contributed by atoms with E-state index in [4.69, 9.17) is 33.7 Å². The van der Waals surface area contributed by atoms with Crippen LogP contribution in [0.5, 0.6) is 0 Å². The first kappa shape index (κ1) is 54.8. The SMILES string of the molecule is CCCCCCCCCCCCC(=O)OC[C@H](COP(=O)(O)O[C@H]1[C@@H](O)[C@H](O[C@H]2O[C@H](CO)[C@@H](O)[C@H](O)[C@H]2N)[C@@H](O)[C@H](O)[C@@H]1O)OC(=O)CCCCCCCCCCCC. The summed E-state index contributed by atoms with van der Waals surface area (Å²) in [7, 11) is -5.29. The maximum absolute atomic E-state index is 13.2. The fraction of sp³-hybridized carbons (Fsp3) is 0.951. The summed E-state index contributed by atoms with van der Waals surface area (Å²) in [6, 6.07) is -1.48. The zero-order valence-electron chi connectivity index (χ0n) is 35.9. The van der Waals surface area contributed by atoms with Crippen molar-refractivity contribution in [1.29, 1.82) is 0 Å². The summed E-state index contributed by atoms with van der Waals surface area (Å²) in [5.74, 6) is -1.18. The molecule has 1 unspecified atom stereocenters. The molecule has 1 saturated carbocycles. The molecule has 18 nitrogen and oxygen atoms in total. The monoisotopic (exact) mass is 888 g/mol. The molecule has 0 spiro atoms. The molecule has 1 aliphatic carbocycles. The molecule has 0 amide bonds. The minimum Gasteiger partial charge on any atom is -0.462 e. The third-order valence-electron chi connectivity index (χ3n) is 11.1. The number of aliphatic hydroxyl groups is 7. The van der Waals surface area contributed by atoms with E-state index in [1.807, 2.05) is 0 Å². The van der Waals surface area contributed by atoms with Crippen LogP contribution in [0.2, 0.25) is 0 Å². The fourth-order valence-corrected chi connectivity index (χ4v) is 8.31. The van der Waals surface area contributed by atoms with E-state index in [-0.39, 0.29) is 12.8 Å². The summed E-state index contributed by atoms with van der Waals surface area (Å²) in [5, 5.41) is 72.8. The average Bonchev–Trinajstić information content (AvgIpc) is 3.22. The van der Waals surface area contributed by atoms with Gasteiger partial charge in [-0.2, -0.15) is 0 Å². The maximum atomic E-state index is 13.2. The number of carbonyl (C=O) groups excluding carboxylic acids is 2. The lowest BCUT2D eigenvalue weighted by molar-refractivity contribution is -0.315. The number of esters is 2. The lowest BCUT2D eigenvalue weighted by Crippen LogP contribution is -2.68. The second kappa shape index (κ2) is 30.7. The zero-order chi connectivity index (χ0) is 44.5. The molecule has 2 aliphatic rings. The third kappa shape index (κ3) is 20.4. The van der Waals surface area contributed by atoms with Gasteiger partial charge in [0.15, 0.2) is 12.4 Å². The number of hydrogen-bond acceptors (Lipinski definition) is 17. The fourth-order valence-electron chi connectivity index (χ4n) is 7.34. The number of nitrogens with two attached hydrogens (primary N) is 1. The van der Waals surface area contributed by atoms with Gasteiger partial charge in [0, 0.05) is 12.8 Å². The summed E-state index contributed by atoms with van der Waals surface area (Å²) in [4.78, 5) is 36.1. The van der Waals surface area contributed by atoms with Crippen molar-refractivity contribution < 1.29 is 82.8 Å². The highest BCUT2D eigenvalue weighted by Crippen LogP contribution is 2.47. The Balaban J connectivity index is 1.98. The number of rotatable bonds is 33. The van der Waals surface area contributed by atoms with Crippen LogP contribution in [0, 0.1) is 0 Å². The molecule has 60 heavy (non-hydrogen) atoms. The van der Waals surface area contributed by atoms with Crippen LogP contribution < -0.4 is 5.73 Å². The smallest absolute Gasteiger partial charge is 0.462 e. The van der Waals surface area contributed by atoms with E-state index < -0.39 is 113 Å². The molecule has 1 heterocycles. The van der Waals surface area contributed by atoms with E-state index in [2.05, 4.69) is 13.8 Å². The molecule has 13 atom stereocenters. The van der Waals surface area contributed by atoms with Crippen LogP contribution in [0.4, 0.5) is 0 Å². The van der Waals surface area contributed by atoms with Gasteiger partial charge in [0.05, 0.1) is 19.3 Å². The normalized spacial score (nSPS) is 29.8. The minimum atomic E-state index is -5.29. The first-order valence-electron chi connectivity index (χ1n) is 22.4. The minimum absolute atomic E-state index is 0.0539. The Labute approximate surface area is 356 Å². The molecular weight excluding hydrogens is 809 g/mol. The van der Waals surface area contributed by atoms with Crippen LogP contribution in [0.15, 0.2) is 0 Å². The number of phosphoric acid groups is 1. The van der Waals surface area contributed by atoms with Crippen molar-refractivity contribution in [3.05, 3.63) is 0 Å². The molecule has 0 aromatic carbocycles. The molecule has 19 heteroatoms. The second-order valence-electron chi connectivity index (χ2n) is 16.3. The number of aliphatic hydroxyl groups excluding tert-OH is 7. The highest BCUT2D eigenvalue weighted by Gasteiger charge is 2.55. The summed E-state index contributed by atoms with van der Waals surface area (Å²) >= 11 is 0. The van der Waals surface area contributed by atoms with Crippen LogP contribution in [-0.4, -0.2) is 146 Å². The average molecular weight is 888 g/mol. The van der Waals surface area contributed by atoms with Crippen molar-refractivity contribution in [2.75, 3.05) is 19.8 Å². The third-order valence-corrected chi connectivity index (χ3v) is 12.1. The Morgan fingerprint density at radius 1 is 0.617 bits per heavy atom. The molecule has 0 aromatic heterocycles. The van der Waals surface area contributed by atoms with E-state index in [0.29, 0.717) is 12.8 Å². The molecule has 2 rings (SSSR count). The van der Waals surface area contributed by atoms with E-state index in [1.54, 1.807) is 0 Å². The quantitative estimate of drug-likeness (QED) is 0.0260. The van der Waals surface area contributed by atoms with Crippen molar-refractivity contribution in [1.82, 2.24) is 0 Å². The number of ether oxygens (including phenoxy) is 4. The molecule has 354 valence electrons. The van der Waals surface area contributed by atoms with Gasteiger partial charge in [-0.1, -0.05) is 129 Å². The molecule has 1 saturated heterocycles. The van der Waals surface area contributed by atoms with Gasteiger partial charge in [0.1, 0.15) is 61.5 Å². The Kier molecular flexibility index (Phi) is 28.0. The number of hydrogen-bond donors (Lipinski definition) is 9. The van der Waals surface area contributed by atoms with E-state index in [1.165, 1.54) is 64.2 Å². The molecular formula is C41H78NO17P. The highest BCUT2D eigenvalue weighted by atomic mass is 31.2. The van der Waals surface area contributed by atoms with E-state index in [9.17, 15) is 54.8 Å². The molecule has 2 fully saturated rings. The predicted octanol–water partition coefficient (Wildman–Crippen LogP) is 3.17. The topological polar surface area (TPSA) is 294 Å². The van der Waals surface area contributed by atoms with Crippen LogP contribution in [0.1, 0.15) is 155 Å². The van der Waals surface area contributed by atoms with Gasteiger partial charge in [-0.05, 0) is 12.8 Å². The van der Waals surface area contributed by atoms with E-state index in [0.717, 1.165) is 51.4 Å². The Bertz CT molecular complexity index is 1200. The lowest BCUT2D eigenvalue weighted by atomic mass is 9.84. The van der Waals surface area contributed by atoms with Crippen LogP contribution in [0.3, 0.4) is 0 Å². The van der Waals surface area contributed by atoms with Gasteiger partial charge < -0.3 is 65.3 Å². The van der Waals surface area contributed by atoms with Crippen LogP contribution in [0.25, 0.3) is 0 Å². The van der Waals surface area contributed by atoms with Gasteiger partial charge in [0.25, 0.3) is 0 Å². The van der Waals surface area contributed by atoms with E-state index >= 15 is 0 Å². The van der Waals surface area contributed by atoms with Crippen LogP contribution in [-0.2, 0) is 42.1 Å². The molecule has 1 aliphatic heterocycles. The standard InChI is InChI=1S/C41H78NO17P/c1-3-5-7-9-11-13-15-17-19-21-23-30(44)54-26-28(56-31(45)24-22-20-18-16-14-12-10-8-6-4-2)27-55-60(52,53)59-40-37(50)35(48)36(49)39(38(40)51)58-41-32(42)34(47)33(46)29(25-43)57-41/h28-29,32-41,43,46-51H,3-27,42H2,1-2H3,(H,52,53)/t28-,29-,32-,33-,34-,35+,36+,37+,38+,39-,40-,41-/m1/s1. The van der Waals surface area contributed by atoms with Gasteiger partial charge in [0.2, 0.25) is 0 Å². The van der Waals surface area contributed by atoms with Crippen LogP contribution >= 0.6 is 7.82 Å². The molecule has 0 aromatic rings. The Hall–Kier alpha value is -1.35. The molecule has 10 N–H and O–H groups in total. The molecule has 0 bridgehead atoms. The summed E-state index contributed by atoms with van der Waals surface area (Å²) < 4.78 is 45.1. The maximum Gasteiger partial charge on any atom is 0.472 e. The second-order valence-corrected chi connectivity index (χ2v) is 17.7. The van der Waals surface area contributed by atoms with Gasteiger partial charge in [-0.15, -0.1) is 0 Å². The van der Waals surface area contributed by atoms with Crippen molar-refractivity contribution >= 4 is 19.8 Å². The lowest BCUT2D eigenvalue weighted by Gasteiger charge is -2.47. The number of unbranched alkanes of at least 4 members (excludes halogenated alkanes) is 18.